The smallest absolute Gasteiger partial charge is 0.326 e. The first-order chi connectivity index (χ1) is 8.90. The van der Waals surface area contributed by atoms with Crippen LogP contribution in [0.2, 0.25) is 0 Å². The number of nitro groups is 1. The standard InChI is InChI=1S/C10H7N3O6/c14-6-2-1-4(7(8(6)15)13(18)19)3-5-9(16)12-10(17)11-5/h1-3,14-15H,(H2,11,12,16,17). The molecule has 1 heterocycles. The molecule has 1 aromatic carbocycles. The fourth-order valence-electron chi connectivity index (χ4n) is 1.53. The molecule has 0 aliphatic carbocycles. The van der Waals surface area contributed by atoms with Crippen LogP contribution in [-0.4, -0.2) is 27.1 Å². The molecule has 19 heavy (non-hydrogen) atoms. The molecule has 1 saturated heterocycles. The summed E-state index contributed by atoms with van der Waals surface area (Å²) >= 11 is 0. The number of phenolic OH excluding ortho intramolecular Hbond substituents is 2. The molecule has 0 atom stereocenters. The molecular formula is C10H7N3O6. The number of nitrogens with zero attached hydrogens (tertiary/aromatic N) is 1. The van der Waals surface area contributed by atoms with Crippen LogP contribution in [0.25, 0.3) is 6.08 Å². The summed E-state index contributed by atoms with van der Waals surface area (Å²) in [5.41, 5.74) is -1.09. The quantitative estimate of drug-likeness (QED) is 0.197. The van der Waals surface area contributed by atoms with E-state index in [-0.39, 0.29) is 11.3 Å². The van der Waals surface area contributed by atoms with Crippen molar-refractivity contribution in [3.05, 3.63) is 33.5 Å². The van der Waals surface area contributed by atoms with E-state index in [1.165, 1.54) is 0 Å². The number of nitro benzene ring substituents is 1. The zero-order valence-electron chi connectivity index (χ0n) is 9.21. The molecule has 9 heteroatoms. The van der Waals surface area contributed by atoms with E-state index >= 15 is 0 Å². The maximum atomic E-state index is 11.3. The lowest BCUT2D eigenvalue weighted by Crippen LogP contribution is -2.22. The van der Waals surface area contributed by atoms with Crippen molar-refractivity contribution >= 4 is 23.7 Å². The van der Waals surface area contributed by atoms with Crippen LogP contribution in [0.4, 0.5) is 10.5 Å². The minimum Gasteiger partial charge on any atom is -0.504 e. The molecule has 3 amide bonds. The number of hydrogen-bond donors (Lipinski definition) is 4. The summed E-state index contributed by atoms with van der Waals surface area (Å²) in [4.78, 5) is 32.1. The molecule has 0 unspecified atom stereocenters. The fraction of sp³-hybridized carbons (Fsp3) is 0. The largest absolute Gasteiger partial charge is 0.504 e. The van der Waals surface area contributed by atoms with Crippen molar-refractivity contribution < 1.29 is 24.7 Å². The first-order valence-corrected chi connectivity index (χ1v) is 4.93. The highest BCUT2D eigenvalue weighted by atomic mass is 16.6. The van der Waals surface area contributed by atoms with Gasteiger partial charge in [-0.3, -0.25) is 20.2 Å². The second-order valence-corrected chi connectivity index (χ2v) is 3.59. The Labute approximate surface area is 105 Å². The van der Waals surface area contributed by atoms with Gasteiger partial charge in [0.1, 0.15) is 5.70 Å². The van der Waals surface area contributed by atoms with Crippen LogP contribution in [0, 0.1) is 10.1 Å². The zero-order valence-corrected chi connectivity index (χ0v) is 9.21. The molecule has 1 fully saturated rings. The second kappa shape index (κ2) is 4.29. The van der Waals surface area contributed by atoms with E-state index in [1.807, 2.05) is 5.32 Å². The first kappa shape index (κ1) is 12.4. The van der Waals surface area contributed by atoms with Gasteiger partial charge in [0, 0.05) is 0 Å². The maximum absolute atomic E-state index is 11.3. The number of urea groups is 1. The third-order valence-electron chi connectivity index (χ3n) is 2.36. The summed E-state index contributed by atoms with van der Waals surface area (Å²) < 4.78 is 0. The number of carbonyl (C=O) groups is 2. The molecule has 0 bridgehead atoms. The van der Waals surface area contributed by atoms with Gasteiger partial charge >= 0.3 is 11.7 Å². The van der Waals surface area contributed by atoms with E-state index in [2.05, 4.69) is 5.32 Å². The summed E-state index contributed by atoms with van der Waals surface area (Å²) in [6.45, 7) is 0. The topological polar surface area (TPSA) is 142 Å². The van der Waals surface area contributed by atoms with Gasteiger partial charge in [-0.1, -0.05) is 0 Å². The Morgan fingerprint density at radius 3 is 2.42 bits per heavy atom. The summed E-state index contributed by atoms with van der Waals surface area (Å²) in [7, 11) is 0. The van der Waals surface area contributed by atoms with Crippen molar-refractivity contribution in [1.82, 2.24) is 10.6 Å². The highest BCUT2D eigenvalue weighted by Gasteiger charge is 2.26. The number of aromatic hydroxyl groups is 2. The molecular weight excluding hydrogens is 258 g/mol. The molecule has 1 aromatic rings. The SMILES string of the molecule is O=C1NC(=O)C(=Cc2ccc(O)c(O)c2[N+](=O)[O-])N1. The number of amides is 3. The van der Waals surface area contributed by atoms with E-state index in [1.54, 1.807) is 0 Å². The Bertz CT molecular complexity index is 636. The highest BCUT2D eigenvalue weighted by Crippen LogP contribution is 2.38. The number of phenols is 2. The van der Waals surface area contributed by atoms with Gasteiger partial charge in [0.25, 0.3) is 5.91 Å². The summed E-state index contributed by atoms with van der Waals surface area (Å²) in [5, 5.41) is 33.5. The second-order valence-electron chi connectivity index (χ2n) is 3.59. The van der Waals surface area contributed by atoms with E-state index in [9.17, 15) is 29.9 Å². The van der Waals surface area contributed by atoms with Crippen LogP contribution in [0.5, 0.6) is 11.5 Å². The lowest BCUT2D eigenvalue weighted by Gasteiger charge is -2.03. The van der Waals surface area contributed by atoms with Crippen molar-refractivity contribution in [3.63, 3.8) is 0 Å². The third-order valence-corrected chi connectivity index (χ3v) is 2.36. The van der Waals surface area contributed by atoms with Gasteiger partial charge in [-0.2, -0.15) is 0 Å². The van der Waals surface area contributed by atoms with Crippen molar-refractivity contribution in [2.24, 2.45) is 0 Å². The summed E-state index contributed by atoms with van der Waals surface area (Å²) in [6, 6.07) is 1.42. The molecule has 0 saturated carbocycles. The van der Waals surface area contributed by atoms with Crippen molar-refractivity contribution in [2.75, 3.05) is 0 Å². The average molecular weight is 265 g/mol. The molecule has 1 aliphatic heterocycles. The monoisotopic (exact) mass is 265 g/mol. The van der Waals surface area contributed by atoms with E-state index in [0.717, 1.165) is 18.2 Å². The van der Waals surface area contributed by atoms with Gasteiger partial charge in [0.15, 0.2) is 5.75 Å². The Kier molecular flexibility index (Phi) is 2.79. The number of imide groups is 1. The van der Waals surface area contributed by atoms with Gasteiger partial charge in [0.05, 0.1) is 10.5 Å². The number of benzene rings is 1. The Balaban J connectivity index is 2.55. The molecule has 1 aliphatic rings. The summed E-state index contributed by atoms with van der Waals surface area (Å²) in [6.07, 6.45) is 1.03. The molecule has 0 aromatic heterocycles. The third kappa shape index (κ3) is 2.16. The molecule has 0 radical (unpaired) electrons. The predicted molar refractivity (Wildman–Crippen MR) is 61.1 cm³/mol. The van der Waals surface area contributed by atoms with E-state index in [0.29, 0.717) is 0 Å². The van der Waals surface area contributed by atoms with Crippen LogP contribution < -0.4 is 10.6 Å². The lowest BCUT2D eigenvalue weighted by atomic mass is 10.1. The number of nitrogens with one attached hydrogen (secondary N) is 2. The predicted octanol–water partition coefficient (Wildman–Crippen LogP) is 0.186. The van der Waals surface area contributed by atoms with Crippen molar-refractivity contribution in [2.45, 2.75) is 0 Å². The minimum atomic E-state index is -0.913. The number of carbonyl (C=O) groups excluding carboxylic acids is 2. The van der Waals surface area contributed by atoms with Crippen LogP contribution in [-0.2, 0) is 4.79 Å². The molecule has 98 valence electrons. The number of rotatable bonds is 2. The van der Waals surface area contributed by atoms with Gasteiger partial charge in [-0.25, -0.2) is 4.79 Å². The lowest BCUT2D eigenvalue weighted by molar-refractivity contribution is -0.386. The van der Waals surface area contributed by atoms with Crippen LogP contribution in [0.1, 0.15) is 5.56 Å². The zero-order chi connectivity index (χ0) is 14.2. The first-order valence-electron chi connectivity index (χ1n) is 4.93. The Morgan fingerprint density at radius 2 is 1.89 bits per heavy atom. The summed E-state index contributed by atoms with van der Waals surface area (Å²) in [5.74, 6) is -2.32. The molecule has 0 spiro atoms. The minimum absolute atomic E-state index is 0.132. The number of hydrogen-bond acceptors (Lipinski definition) is 6. The maximum Gasteiger partial charge on any atom is 0.326 e. The van der Waals surface area contributed by atoms with Crippen molar-refractivity contribution in [1.29, 1.82) is 0 Å². The van der Waals surface area contributed by atoms with E-state index in [4.69, 9.17) is 0 Å². The van der Waals surface area contributed by atoms with Crippen molar-refractivity contribution in [3.8, 4) is 11.5 Å². The molecule has 2 rings (SSSR count). The Morgan fingerprint density at radius 1 is 1.21 bits per heavy atom. The highest BCUT2D eigenvalue weighted by molar-refractivity contribution is 6.14. The van der Waals surface area contributed by atoms with Gasteiger partial charge in [-0.05, 0) is 18.2 Å². The van der Waals surface area contributed by atoms with Gasteiger partial charge in [-0.15, -0.1) is 0 Å². The average Bonchev–Trinajstić information content (AvgIpc) is 2.62. The Hall–Kier alpha value is -3.10. The van der Waals surface area contributed by atoms with E-state index < -0.39 is 34.0 Å². The molecule has 4 N–H and O–H groups in total. The fourth-order valence-corrected chi connectivity index (χ4v) is 1.53. The van der Waals surface area contributed by atoms with Gasteiger partial charge in [0.2, 0.25) is 5.75 Å². The normalized spacial score (nSPS) is 16.3. The van der Waals surface area contributed by atoms with Crippen LogP contribution >= 0.6 is 0 Å². The van der Waals surface area contributed by atoms with Crippen LogP contribution in [0.15, 0.2) is 17.8 Å². The van der Waals surface area contributed by atoms with Gasteiger partial charge < -0.3 is 15.5 Å². The molecule has 9 nitrogen and oxygen atoms in total. The van der Waals surface area contributed by atoms with Crippen LogP contribution in [0.3, 0.4) is 0 Å².